The molecule has 0 aliphatic carbocycles. The Bertz CT molecular complexity index is 832. The first-order valence-corrected chi connectivity index (χ1v) is 11.2. The average molecular weight is 433 g/mol. The number of ether oxygens (including phenoxy) is 1. The van der Waals surface area contributed by atoms with Crippen molar-refractivity contribution in [2.45, 2.75) is 24.8 Å². The van der Waals surface area contributed by atoms with Crippen molar-refractivity contribution >= 4 is 29.7 Å². The number of hydrogen-bond acceptors (Lipinski definition) is 6. The van der Waals surface area contributed by atoms with E-state index in [0.29, 0.717) is 44.0 Å². The van der Waals surface area contributed by atoms with Gasteiger partial charge in [-0.05, 0) is 30.9 Å². The van der Waals surface area contributed by atoms with Crippen molar-refractivity contribution < 1.29 is 19.1 Å². The van der Waals surface area contributed by atoms with Crippen LogP contribution in [0.4, 0.5) is 4.79 Å². The first kappa shape index (κ1) is 22.2. The van der Waals surface area contributed by atoms with Crippen LogP contribution in [0.2, 0.25) is 0 Å². The number of thioether (sulfide) groups is 1. The van der Waals surface area contributed by atoms with Gasteiger partial charge in [-0.1, -0.05) is 12.1 Å². The third-order valence-electron chi connectivity index (χ3n) is 5.30. The molecule has 1 fully saturated rings. The normalized spacial score (nSPS) is 19.9. The van der Waals surface area contributed by atoms with E-state index in [9.17, 15) is 14.4 Å². The van der Waals surface area contributed by atoms with Gasteiger partial charge in [-0.3, -0.25) is 9.69 Å². The molecule has 2 aliphatic heterocycles. The topological polar surface area (TPSA) is 91.0 Å². The predicted octanol–water partition coefficient (Wildman–Crippen LogP) is 1.74. The molecule has 2 heterocycles. The van der Waals surface area contributed by atoms with Crippen LogP contribution in [0, 0.1) is 0 Å². The van der Waals surface area contributed by atoms with Gasteiger partial charge in [0.2, 0.25) is 5.91 Å². The van der Waals surface area contributed by atoms with Crippen molar-refractivity contribution in [1.82, 2.24) is 20.4 Å². The van der Waals surface area contributed by atoms with E-state index in [1.165, 1.54) is 0 Å². The number of carbonyl (C=O) groups excluding carboxylic acids is 3. The molecule has 1 aromatic rings. The number of rotatable bonds is 6. The summed E-state index contributed by atoms with van der Waals surface area (Å²) >= 11 is 1.63. The zero-order chi connectivity index (χ0) is 21.7. The van der Waals surface area contributed by atoms with E-state index < -0.39 is 12.0 Å². The van der Waals surface area contributed by atoms with Crippen LogP contribution in [0.5, 0.6) is 0 Å². The molecule has 1 saturated heterocycles. The molecule has 30 heavy (non-hydrogen) atoms. The van der Waals surface area contributed by atoms with Crippen LogP contribution in [0.15, 0.2) is 40.4 Å². The van der Waals surface area contributed by atoms with Gasteiger partial charge in [0.25, 0.3) is 0 Å². The van der Waals surface area contributed by atoms with Gasteiger partial charge in [-0.15, -0.1) is 11.8 Å². The predicted molar refractivity (Wildman–Crippen MR) is 115 cm³/mol. The molecule has 8 nitrogen and oxygen atoms in total. The number of benzene rings is 1. The van der Waals surface area contributed by atoms with Gasteiger partial charge < -0.3 is 20.3 Å². The molecule has 1 atom stereocenters. The summed E-state index contributed by atoms with van der Waals surface area (Å²) < 4.78 is 5.32. The molecule has 9 heteroatoms. The maximum absolute atomic E-state index is 12.9. The summed E-state index contributed by atoms with van der Waals surface area (Å²) in [4.78, 5) is 41.9. The minimum absolute atomic E-state index is 0.0602. The summed E-state index contributed by atoms with van der Waals surface area (Å²) in [5.41, 5.74) is 1.79. The molecular formula is C21H28N4O4S. The Balaban J connectivity index is 1.89. The lowest BCUT2D eigenvalue weighted by Crippen LogP contribution is -2.52. The number of piperazine rings is 1. The van der Waals surface area contributed by atoms with E-state index in [0.717, 1.165) is 10.5 Å². The van der Waals surface area contributed by atoms with Gasteiger partial charge in [-0.2, -0.15) is 0 Å². The van der Waals surface area contributed by atoms with Crippen molar-refractivity contribution in [3.63, 3.8) is 0 Å². The lowest BCUT2D eigenvalue weighted by Gasteiger charge is -2.36. The highest BCUT2D eigenvalue weighted by atomic mass is 32.2. The van der Waals surface area contributed by atoms with E-state index in [4.69, 9.17) is 4.74 Å². The fourth-order valence-electron chi connectivity index (χ4n) is 3.68. The number of urea groups is 1. The standard InChI is InChI=1S/C21H28N4O4S/c1-4-29-20(27)18-17(13-24-9-11-25(12-10-24)14(2)26)22-21(28)23-19(18)15-5-7-16(30-3)8-6-15/h5-8,19H,4,9-13H2,1-3H3,(H2,22,23,28)/t19-/m1/s1. The molecule has 0 saturated carbocycles. The van der Waals surface area contributed by atoms with Gasteiger partial charge in [0.1, 0.15) is 0 Å². The second-order valence-corrected chi connectivity index (χ2v) is 8.08. The molecule has 2 aliphatic rings. The smallest absolute Gasteiger partial charge is 0.338 e. The lowest BCUT2D eigenvalue weighted by molar-refractivity contribution is -0.139. The zero-order valence-electron chi connectivity index (χ0n) is 17.6. The summed E-state index contributed by atoms with van der Waals surface area (Å²) in [7, 11) is 0. The molecule has 0 unspecified atom stereocenters. The largest absolute Gasteiger partial charge is 0.463 e. The van der Waals surface area contributed by atoms with E-state index in [-0.39, 0.29) is 18.5 Å². The molecule has 162 valence electrons. The van der Waals surface area contributed by atoms with Gasteiger partial charge in [-0.25, -0.2) is 9.59 Å². The van der Waals surface area contributed by atoms with Gasteiger partial charge in [0.05, 0.1) is 18.2 Å². The van der Waals surface area contributed by atoms with Crippen molar-refractivity contribution in [3.05, 3.63) is 41.1 Å². The number of carbonyl (C=O) groups is 3. The van der Waals surface area contributed by atoms with Crippen LogP contribution in [0.3, 0.4) is 0 Å². The average Bonchev–Trinajstić information content (AvgIpc) is 2.74. The van der Waals surface area contributed by atoms with Crippen LogP contribution in [0.25, 0.3) is 0 Å². The Morgan fingerprint density at radius 1 is 1.17 bits per heavy atom. The first-order chi connectivity index (χ1) is 14.4. The number of nitrogens with one attached hydrogen (secondary N) is 2. The molecule has 3 amide bonds. The van der Waals surface area contributed by atoms with E-state index in [2.05, 4.69) is 15.5 Å². The van der Waals surface area contributed by atoms with E-state index in [1.54, 1.807) is 30.5 Å². The molecular weight excluding hydrogens is 404 g/mol. The molecule has 1 aromatic carbocycles. The summed E-state index contributed by atoms with van der Waals surface area (Å²) in [6.07, 6.45) is 2.00. The Morgan fingerprint density at radius 2 is 1.83 bits per heavy atom. The number of nitrogens with zero attached hydrogens (tertiary/aromatic N) is 2. The minimum atomic E-state index is -0.581. The Hall–Kier alpha value is -2.52. The fourth-order valence-corrected chi connectivity index (χ4v) is 4.09. The van der Waals surface area contributed by atoms with E-state index in [1.807, 2.05) is 30.5 Å². The monoisotopic (exact) mass is 432 g/mol. The Morgan fingerprint density at radius 3 is 2.40 bits per heavy atom. The second-order valence-electron chi connectivity index (χ2n) is 7.20. The SMILES string of the molecule is CCOC(=O)C1=C(CN2CCN(C(C)=O)CC2)NC(=O)N[C@@H]1c1ccc(SC)cc1. The zero-order valence-corrected chi connectivity index (χ0v) is 18.4. The minimum Gasteiger partial charge on any atom is -0.463 e. The summed E-state index contributed by atoms with van der Waals surface area (Å²) in [5, 5.41) is 5.67. The van der Waals surface area contributed by atoms with Gasteiger partial charge >= 0.3 is 12.0 Å². The summed E-state index contributed by atoms with van der Waals surface area (Å²) in [6, 6.07) is 6.85. The third-order valence-corrected chi connectivity index (χ3v) is 6.04. The second kappa shape index (κ2) is 9.99. The number of hydrogen-bond donors (Lipinski definition) is 2. The first-order valence-electron chi connectivity index (χ1n) is 10.0. The van der Waals surface area contributed by atoms with E-state index >= 15 is 0 Å². The number of esters is 1. The van der Waals surface area contributed by atoms with Crippen LogP contribution >= 0.6 is 11.8 Å². The quantitative estimate of drug-likeness (QED) is 0.526. The van der Waals surface area contributed by atoms with Crippen LogP contribution in [-0.4, -0.2) is 73.3 Å². The van der Waals surface area contributed by atoms with Crippen molar-refractivity contribution in [1.29, 1.82) is 0 Å². The summed E-state index contributed by atoms with van der Waals surface area (Å²) in [6.45, 7) is 6.59. The molecule has 0 aromatic heterocycles. The van der Waals surface area contributed by atoms with Crippen molar-refractivity contribution in [2.75, 3.05) is 45.6 Å². The molecule has 2 N–H and O–H groups in total. The Labute approximate surface area is 181 Å². The number of amides is 3. The maximum Gasteiger partial charge on any atom is 0.338 e. The molecule has 3 rings (SSSR count). The highest BCUT2D eigenvalue weighted by Crippen LogP contribution is 2.29. The van der Waals surface area contributed by atoms with Crippen LogP contribution in [-0.2, 0) is 14.3 Å². The van der Waals surface area contributed by atoms with Crippen LogP contribution in [0.1, 0.15) is 25.5 Å². The molecule has 0 spiro atoms. The lowest BCUT2D eigenvalue weighted by atomic mass is 9.95. The highest BCUT2D eigenvalue weighted by molar-refractivity contribution is 7.98. The van der Waals surface area contributed by atoms with Gasteiger partial charge in [0, 0.05) is 50.2 Å². The maximum atomic E-state index is 12.9. The molecule has 0 radical (unpaired) electrons. The van der Waals surface area contributed by atoms with Crippen molar-refractivity contribution in [3.8, 4) is 0 Å². The highest BCUT2D eigenvalue weighted by Gasteiger charge is 2.34. The fraction of sp³-hybridized carbons (Fsp3) is 0.476. The molecule has 0 bridgehead atoms. The Kier molecular flexibility index (Phi) is 7.38. The third kappa shape index (κ3) is 5.14. The summed E-state index contributed by atoms with van der Waals surface area (Å²) in [5.74, 6) is -0.383. The van der Waals surface area contributed by atoms with Crippen molar-refractivity contribution in [2.24, 2.45) is 0 Å². The van der Waals surface area contributed by atoms with Gasteiger partial charge in [0.15, 0.2) is 0 Å². The van der Waals surface area contributed by atoms with Crippen LogP contribution < -0.4 is 10.6 Å².